The minimum atomic E-state index is -3.62. The van der Waals surface area contributed by atoms with E-state index in [0.717, 1.165) is 19.3 Å². The summed E-state index contributed by atoms with van der Waals surface area (Å²) in [6.45, 7) is -0.147. The Labute approximate surface area is 203 Å². The van der Waals surface area contributed by atoms with Gasteiger partial charge in [0, 0.05) is 42.7 Å². The number of anilines is 3. The zero-order valence-corrected chi connectivity index (χ0v) is 20.1. The van der Waals surface area contributed by atoms with Crippen LogP contribution in [0.25, 0.3) is 0 Å². The molecule has 13 heteroatoms. The topological polar surface area (TPSA) is 158 Å². The van der Waals surface area contributed by atoms with E-state index in [1.165, 1.54) is 13.3 Å². The predicted octanol–water partition coefficient (Wildman–Crippen LogP) is 2.03. The van der Waals surface area contributed by atoms with Crippen LogP contribution < -0.4 is 15.4 Å². The van der Waals surface area contributed by atoms with Crippen LogP contribution in [0.1, 0.15) is 37.8 Å². The molecule has 2 aliphatic rings. The SMILES string of the molecule is COc1cc(Nc2cc(CO)[nH]n2)nc(N[C@H]2C[C@H]3CCC[C@@H](C2)N3S(=O)(=O)c2cccnc2)n1. The summed E-state index contributed by atoms with van der Waals surface area (Å²) in [4.78, 5) is 13.2. The van der Waals surface area contributed by atoms with Crippen molar-refractivity contribution in [1.29, 1.82) is 0 Å². The van der Waals surface area contributed by atoms with Gasteiger partial charge in [-0.05, 0) is 37.8 Å². The molecule has 5 rings (SSSR count). The van der Waals surface area contributed by atoms with E-state index in [1.807, 2.05) is 0 Å². The van der Waals surface area contributed by atoms with Crippen molar-refractivity contribution in [2.45, 2.75) is 61.7 Å². The number of methoxy groups -OCH3 is 1. The van der Waals surface area contributed by atoms with Gasteiger partial charge in [0.2, 0.25) is 21.9 Å². The van der Waals surface area contributed by atoms with Crippen LogP contribution in [0.2, 0.25) is 0 Å². The Hall–Kier alpha value is -3.29. The number of sulfonamides is 1. The molecule has 0 aromatic carbocycles. The summed E-state index contributed by atoms with van der Waals surface area (Å²) >= 11 is 0. The van der Waals surface area contributed by atoms with Crippen LogP contribution in [-0.2, 0) is 16.6 Å². The van der Waals surface area contributed by atoms with E-state index < -0.39 is 10.0 Å². The van der Waals surface area contributed by atoms with Crippen LogP contribution in [-0.4, -0.2) is 68.2 Å². The Morgan fingerprint density at radius 2 is 2.00 bits per heavy atom. The van der Waals surface area contributed by atoms with E-state index >= 15 is 0 Å². The van der Waals surface area contributed by atoms with Crippen LogP contribution in [0, 0.1) is 0 Å². The Kier molecular flexibility index (Phi) is 6.54. The summed E-state index contributed by atoms with van der Waals surface area (Å²) < 4.78 is 33.8. The first kappa shape index (κ1) is 23.5. The van der Waals surface area contributed by atoms with Crippen molar-refractivity contribution in [3.63, 3.8) is 0 Å². The number of nitrogens with one attached hydrogen (secondary N) is 3. The Morgan fingerprint density at radius 1 is 1.20 bits per heavy atom. The van der Waals surface area contributed by atoms with Crippen LogP contribution in [0.5, 0.6) is 5.88 Å². The van der Waals surface area contributed by atoms with E-state index in [1.54, 1.807) is 34.8 Å². The molecule has 2 aliphatic heterocycles. The van der Waals surface area contributed by atoms with Gasteiger partial charge in [0.25, 0.3) is 0 Å². The molecule has 0 amide bonds. The second-order valence-electron chi connectivity index (χ2n) is 8.76. The van der Waals surface area contributed by atoms with Crippen LogP contribution in [0.4, 0.5) is 17.6 Å². The fraction of sp³-hybridized carbons (Fsp3) is 0.455. The van der Waals surface area contributed by atoms with Crippen LogP contribution in [0.3, 0.4) is 0 Å². The molecule has 0 spiro atoms. The molecule has 186 valence electrons. The summed E-state index contributed by atoms with van der Waals surface area (Å²) in [5.74, 6) is 1.74. The number of H-pyrrole nitrogens is 1. The molecule has 2 bridgehead atoms. The fourth-order valence-electron chi connectivity index (χ4n) is 4.95. The van der Waals surface area contributed by atoms with Crippen molar-refractivity contribution in [2.24, 2.45) is 0 Å². The number of aromatic amines is 1. The normalized spacial score (nSPS) is 22.5. The van der Waals surface area contributed by atoms with Gasteiger partial charge >= 0.3 is 0 Å². The van der Waals surface area contributed by atoms with E-state index in [2.05, 4.69) is 35.8 Å². The van der Waals surface area contributed by atoms with Gasteiger partial charge in [0.1, 0.15) is 10.7 Å². The van der Waals surface area contributed by atoms with Gasteiger partial charge in [0.15, 0.2) is 5.82 Å². The number of nitrogens with zero attached hydrogens (tertiary/aromatic N) is 5. The maximum absolute atomic E-state index is 13.4. The average molecular weight is 501 g/mol. The van der Waals surface area contributed by atoms with Gasteiger partial charge in [-0.2, -0.15) is 19.4 Å². The molecule has 0 radical (unpaired) electrons. The molecule has 3 aromatic heterocycles. The Morgan fingerprint density at radius 3 is 2.66 bits per heavy atom. The number of hydrogen-bond acceptors (Lipinski definition) is 10. The number of ether oxygens (including phenoxy) is 1. The van der Waals surface area contributed by atoms with Gasteiger partial charge in [-0.15, -0.1) is 0 Å². The molecule has 2 fully saturated rings. The molecule has 0 unspecified atom stereocenters. The van der Waals surface area contributed by atoms with Gasteiger partial charge in [-0.1, -0.05) is 6.42 Å². The first-order valence-electron chi connectivity index (χ1n) is 11.5. The van der Waals surface area contributed by atoms with Crippen molar-refractivity contribution in [3.05, 3.63) is 42.4 Å². The highest BCUT2D eigenvalue weighted by molar-refractivity contribution is 7.89. The number of aliphatic hydroxyl groups is 1. The zero-order chi connectivity index (χ0) is 24.4. The van der Waals surface area contributed by atoms with E-state index in [0.29, 0.717) is 42.0 Å². The summed E-state index contributed by atoms with van der Waals surface area (Å²) in [5.41, 5.74) is 0.575. The third-order valence-electron chi connectivity index (χ3n) is 6.42. The molecule has 35 heavy (non-hydrogen) atoms. The third-order valence-corrected chi connectivity index (χ3v) is 8.41. The molecule has 4 N–H and O–H groups in total. The molecule has 0 aliphatic carbocycles. The van der Waals surface area contributed by atoms with E-state index in [-0.39, 0.29) is 29.6 Å². The Bertz CT molecular complexity index is 1260. The number of piperidine rings is 2. The number of aliphatic hydroxyl groups excluding tert-OH is 1. The van der Waals surface area contributed by atoms with Crippen molar-refractivity contribution in [2.75, 3.05) is 17.7 Å². The van der Waals surface area contributed by atoms with Crippen molar-refractivity contribution in [1.82, 2.24) is 29.5 Å². The number of pyridine rings is 1. The highest BCUT2D eigenvalue weighted by Gasteiger charge is 2.45. The first-order valence-corrected chi connectivity index (χ1v) is 13.0. The lowest BCUT2D eigenvalue weighted by molar-refractivity contribution is 0.115. The van der Waals surface area contributed by atoms with Gasteiger partial charge in [0.05, 0.1) is 19.4 Å². The maximum Gasteiger partial charge on any atom is 0.245 e. The van der Waals surface area contributed by atoms with Crippen molar-refractivity contribution in [3.8, 4) is 5.88 Å². The molecule has 0 saturated carbocycles. The summed E-state index contributed by atoms with van der Waals surface area (Å²) in [5, 5.41) is 22.5. The number of rotatable bonds is 8. The fourth-order valence-corrected chi connectivity index (χ4v) is 6.80. The maximum atomic E-state index is 13.4. The predicted molar refractivity (Wildman–Crippen MR) is 128 cm³/mol. The van der Waals surface area contributed by atoms with Crippen LogP contribution >= 0.6 is 0 Å². The van der Waals surface area contributed by atoms with E-state index in [9.17, 15) is 13.5 Å². The van der Waals surface area contributed by atoms with Crippen molar-refractivity contribution < 1.29 is 18.3 Å². The monoisotopic (exact) mass is 500 g/mol. The molecular weight excluding hydrogens is 472 g/mol. The average Bonchev–Trinajstić information content (AvgIpc) is 3.31. The molecule has 3 atom stereocenters. The summed E-state index contributed by atoms with van der Waals surface area (Å²) in [6, 6.07) is 6.39. The minimum Gasteiger partial charge on any atom is -0.481 e. The summed E-state index contributed by atoms with van der Waals surface area (Å²) in [6.07, 6.45) is 6.92. The lowest BCUT2D eigenvalue weighted by Gasteiger charge is -2.47. The van der Waals surface area contributed by atoms with Gasteiger partial charge in [-0.25, -0.2) is 8.42 Å². The molecular formula is C22H28N8O4S. The first-order chi connectivity index (χ1) is 17.0. The minimum absolute atomic E-state index is 0.0111. The quantitative estimate of drug-likeness (QED) is 0.360. The standard InChI is InChI=1S/C22H28N8O4S/c1-34-21-11-19(25-20-10-15(13-31)28-29-20)26-22(27-21)24-14-8-16-4-2-5-17(9-14)30(16)35(32,33)18-6-3-7-23-12-18/h3,6-7,10-12,14,16-17,31H,2,4-5,8-9,13H2,1H3,(H3,24,25,26,27,28,29)/t14-,16+,17-. The smallest absolute Gasteiger partial charge is 0.245 e. The zero-order valence-electron chi connectivity index (χ0n) is 19.3. The van der Waals surface area contributed by atoms with E-state index in [4.69, 9.17) is 4.74 Å². The second kappa shape index (κ2) is 9.76. The highest BCUT2D eigenvalue weighted by atomic mass is 32.2. The van der Waals surface area contributed by atoms with Crippen molar-refractivity contribution >= 4 is 27.6 Å². The number of hydrogen-bond donors (Lipinski definition) is 4. The van der Waals surface area contributed by atoms with Crippen LogP contribution in [0.15, 0.2) is 41.6 Å². The third kappa shape index (κ3) is 4.92. The highest BCUT2D eigenvalue weighted by Crippen LogP contribution is 2.39. The van der Waals surface area contributed by atoms with Gasteiger partial charge < -0.3 is 20.5 Å². The Balaban J connectivity index is 1.33. The second-order valence-corrected chi connectivity index (χ2v) is 10.6. The number of aromatic nitrogens is 5. The number of fused-ring (bicyclic) bond motifs is 2. The lowest BCUT2D eigenvalue weighted by atomic mass is 9.84. The largest absolute Gasteiger partial charge is 0.481 e. The molecule has 12 nitrogen and oxygen atoms in total. The summed E-state index contributed by atoms with van der Waals surface area (Å²) in [7, 11) is -2.09. The molecule has 3 aromatic rings. The van der Waals surface area contributed by atoms with Gasteiger partial charge in [-0.3, -0.25) is 10.1 Å². The molecule has 5 heterocycles. The molecule has 2 saturated heterocycles. The lowest BCUT2D eigenvalue weighted by Crippen LogP contribution is -2.57.